The smallest absolute Gasteiger partial charge is 0.117 e. The summed E-state index contributed by atoms with van der Waals surface area (Å²) in [6.07, 6.45) is 14.6. The minimum Gasteiger partial charge on any atom is -0.231 e. The topological polar surface area (TPSA) is 18.5 Å². The minimum absolute atomic E-state index is 0.115. The van der Waals surface area contributed by atoms with E-state index in [4.69, 9.17) is 9.78 Å². The average Bonchev–Trinajstić information content (AvgIpc) is 4.28. The van der Waals surface area contributed by atoms with Crippen LogP contribution in [0.1, 0.15) is 161 Å². The Kier molecular flexibility index (Phi) is 15.4. The summed E-state index contributed by atoms with van der Waals surface area (Å²) in [6.45, 7) is 20.1. The van der Waals surface area contributed by atoms with Crippen LogP contribution >= 0.6 is 68.0 Å². The molecule has 70 heavy (non-hydrogen) atoms. The van der Waals surface area contributed by atoms with E-state index in [0.29, 0.717) is 13.2 Å². The van der Waals surface area contributed by atoms with Crippen molar-refractivity contribution in [2.45, 2.75) is 156 Å². The third-order valence-electron chi connectivity index (χ3n) is 16.0. The largest absolute Gasteiger partial charge is 0.231 e. The maximum atomic E-state index is 5.79. The van der Waals surface area contributed by atoms with E-state index in [1.807, 2.05) is 34.0 Å². The lowest BCUT2D eigenvalue weighted by molar-refractivity contribution is -0.320. The summed E-state index contributed by atoms with van der Waals surface area (Å²) >= 11 is 12.2. The van der Waals surface area contributed by atoms with E-state index in [1.54, 1.807) is 0 Å². The lowest BCUT2D eigenvalue weighted by Gasteiger charge is -2.29. The van der Waals surface area contributed by atoms with Gasteiger partial charge < -0.3 is 0 Å². The molecule has 10 rings (SSSR count). The van der Waals surface area contributed by atoms with Gasteiger partial charge in [0.25, 0.3) is 0 Å². The van der Waals surface area contributed by atoms with Crippen LogP contribution in [0, 0.1) is 11.8 Å². The Hall–Kier alpha value is -3.44. The Balaban J connectivity index is 1.25. The van der Waals surface area contributed by atoms with Gasteiger partial charge in [-0.15, -0.1) is 68.0 Å². The zero-order valence-electron chi connectivity index (χ0n) is 42.6. The average molecular weight is 1040 g/mol. The van der Waals surface area contributed by atoms with Gasteiger partial charge in [-0.25, -0.2) is 9.78 Å². The quantitative estimate of drug-likeness (QED) is 0.0668. The molecule has 7 heterocycles. The van der Waals surface area contributed by atoms with Gasteiger partial charge in [-0.05, 0) is 85.0 Å². The van der Waals surface area contributed by atoms with Gasteiger partial charge in [-0.1, -0.05) is 167 Å². The Morgan fingerprint density at radius 2 is 1.07 bits per heavy atom. The first-order valence-corrected chi connectivity index (χ1v) is 31.2. The standard InChI is InChI=1S/C62H70O2S6/c1-9-15-23-39(11-3)33-43-29-31-48(65-43)53-45-35-50(58-59-55(47-37-63-64-38-51(47)68-59)60(70-58)62(8,14-6)42-27-21-18-22-28-42)67-56(45)54(49-32-30-44(66-49)34-40(12-4)24-16-10-2)46-36-52(69-57(46)53)61(7,13-5)41-25-19-17-20-26-41/h17-22,25-32,35-36,39-40H,9-16,23-24,33-34,37-38H2,1-8H3. The number of thiophene rings is 6. The van der Waals surface area contributed by atoms with Crippen molar-refractivity contribution in [3.05, 3.63) is 138 Å². The molecule has 9 aromatic rings. The predicted molar refractivity (Wildman–Crippen MR) is 313 cm³/mol. The van der Waals surface area contributed by atoms with E-state index in [0.717, 1.165) is 37.5 Å². The second-order valence-corrected chi connectivity index (χ2v) is 26.9. The van der Waals surface area contributed by atoms with Gasteiger partial charge in [0.1, 0.15) is 13.2 Å². The van der Waals surface area contributed by atoms with E-state index < -0.39 is 0 Å². The second-order valence-electron chi connectivity index (χ2n) is 20.3. The van der Waals surface area contributed by atoms with Gasteiger partial charge in [-0.3, -0.25) is 0 Å². The SMILES string of the molecule is CCCCC(CC)Cc1ccc(-c2c3cc(C(C)(CC)c4ccccc4)sc3c(-c3ccc(CC(CC)CCCC)s3)c3cc(-c4sc(C(C)(CC)c5ccccc5)c5c6c(sc45)COOC6)sc23)s1. The van der Waals surface area contributed by atoms with Crippen LogP contribution in [0.2, 0.25) is 0 Å². The first kappa shape index (κ1) is 50.1. The third-order valence-corrected chi connectivity index (χ3v) is 23.9. The highest BCUT2D eigenvalue weighted by molar-refractivity contribution is 7.31. The summed E-state index contributed by atoms with van der Waals surface area (Å²) in [5.74, 6) is 1.45. The van der Waals surface area contributed by atoms with Crippen LogP contribution in [0.4, 0.5) is 0 Å². The minimum atomic E-state index is -0.159. The first-order chi connectivity index (χ1) is 34.2. The van der Waals surface area contributed by atoms with Crippen LogP contribution in [0.3, 0.4) is 0 Å². The molecule has 2 nitrogen and oxygen atoms in total. The molecule has 0 amide bonds. The fraction of sp³-hybridized carbons (Fsp3) is 0.419. The first-order valence-electron chi connectivity index (χ1n) is 26.3. The highest BCUT2D eigenvalue weighted by Crippen LogP contribution is 2.59. The van der Waals surface area contributed by atoms with Crippen LogP contribution in [-0.4, -0.2) is 0 Å². The van der Waals surface area contributed by atoms with Crippen LogP contribution in [0.5, 0.6) is 0 Å². The van der Waals surface area contributed by atoms with E-state index in [1.165, 1.54) is 153 Å². The molecule has 8 heteroatoms. The molecule has 366 valence electrons. The molecule has 0 radical (unpaired) electrons. The van der Waals surface area contributed by atoms with Gasteiger partial charge in [0, 0.05) is 92.1 Å². The number of fused-ring (bicyclic) bond motifs is 5. The predicted octanol–water partition coefficient (Wildman–Crippen LogP) is 21.4. The van der Waals surface area contributed by atoms with Gasteiger partial charge in [-0.2, -0.15) is 0 Å². The van der Waals surface area contributed by atoms with Gasteiger partial charge in [0.15, 0.2) is 0 Å². The van der Waals surface area contributed by atoms with E-state index in [2.05, 4.69) is 186 Å². The Morgan fingerprint density at radius 1 is 0.529 bits per heavy atom. The molecule has 0 saturated heterocycles. The van der Waals surface area contributed by atoms with Crippen molar-refractivity contribution in [3.8, 4) is 30.6 Å². The number of unbranched alkanes of at least 4 members (excludes halogenated alkanes) is 2. The highest BCUT2D eigenvalue weighted by Gasteiger charge is 2.37. The maximum Gasteiger partial charge on any atom is 0.117 e. The molecule has 3 aromatic carbocycles. The number of hydrogen-bond acceptors (Lipinski definition) is 8. The van der Waals surface area contributed by atoms with Crippen LogP contribution < -0.4 is 0 Å². The molecular weight excluding hydrogens is 969 g/mol. The Morgan fingerprint density at radius 3 is 1.63 bits per heavy atom. The molecule has 0 spiro atoms. The van der Waals surface area contributed by atoms with E-state index in [-0.39, 0.29) is 10.8 Å². The monoisotopic (exact) mass is 1040 g/mol. The molecular formula is C62H70O2S6. The molecule has 4 unspecified atom stereocenters. The van der Waals surface area contributed by atoms with Crippen molar-refractivity contribution in [1.82, 2.24) is 0 Å². The highest BCUT2D eigenvalue weighted by atomic mass is 32.1. The van der Waals surface area contributed by atoms with Crippen molar-refractivity contribution < 1.29 is 9.78 Å². The summed E-state index contributed by atoms with van der Waals surface area (Å²) < 4.78 is 4.25. The van der Waals surface area contributed by atoms with Crippen molar-refractivity contribution in [2.75, 3.05) is 0 Å². The second kappa shape index (κ2) is 21.6. The summed E-state index contributed by atoms with van der Waals surface area (Å²) in [5, 5.41) is 4.22. The van der Waals surface area contributed by atoms with Crippen molar-refractivity contribution in [2.24, 2.45) is 11.8 Å². The van der Waals surface area contributed by atoms with Gasteiger partial charge >= 0.3 is 0 Å². The number of benzene rings is 3. The van der Waals surface area contributed by atoms with Crippen molar-refractivity contribution >= 4 is 98.3 Å². The number of hydrogen-bond donors (Lipinski definition) is 0. The van der Waals surface area contributed by atoms with Crippen molar-refractivity contribution in [3.63, 3.8) is 0 Å². The fourth-order valence-corrected chi connectivity index (χ4v) is 19.4. The summed E-state index contributed by atoms with van der Waals surface area (Å²) in [4.78, 5) is 24.3. The Bertz CT molecular complexity index is 3080. The summed E-state index contributed by atoms with van der Waals surface area (Å²) in [5.41, 5.74) is 6.67. The molecule has 1 aliphatic rings. The maximum absolute atomic E-state index is 5.79. The number of rotatable bonds is 21. The van der Waals surface area contributed by atoms with Crippen LogP contribution in [0.25, 0.3) is 60.9 Å². The lowest BCUT2D eigenvalue weighted by atomic mass is 9.77. The van der Waals surface area contributed by atoms with Gasteiger partial charge in [0.05, 0.1) is 9.58 Å². The van der Waals surface area contributed by atoms with Crippen LogP contribution in [0.15, 0.2) is 97.1 Å². The molecule has 0 aliphatic carbocycles. The molecule has 6 aromatic heterocycles. The molecule has 1 aliphatic heterocycles. The van der Waals surface area contributed by atoms with Crippen molar-refractivity contribution in [1.29, 1.82) is 0 Å². The molecule has 0 N–H and O–H groups in total. The van der Waals surface area contributed by atoms with E-state index in [9.17, 15) is 0 Å². The fourth-order valence-electron chi connectivity index (χ4n) is 11.1. The summed E-state index contributed by atoms with van der Waals surface area (Å²) in [6, 6.07) is 37.7. The zero-order chi connectivity index (χ0) is 48.6. The molecule has 4 atom stereocenters. The molecule has 0 fully saturated rings. The van der Waals surface area contributed by atoms with E-state index >= 15 is 0 Å². The normalized spacial score (nSPS) is 15.7. The third kappa shape index (κ3) is 9.29. The Labute approximate surface area is 441 Å². The molecule has 0 saturated carbocycles. The summed E-state index contributed by atoms with van der Waals surface area (Å²) in [7, 11) is 0. The van der Waals surface area contributed by atoms with Gasteiger partial charge in [0.2, 0.25) is 0 Å². The lowest BCUT2D eigenvalue weighted by Crippen LogP contribution is -2.21. The van der Waals surface area contributed by atoms with Crippen LogP contribution in [-0.2, 0) is 46.7 Å². The molecule has 0 bridgehead atoms. The zero-order valence-corrected chi connectivity index (χ0v) is 47.5.